The fourth-order valence-electron chi connectivity index (χ4n) is 1.94. The fourth-order valence-corrected chi connectivity index (χ4v) is 1.94. The van der Waals surface area contributed by atoms with Gasteiger partial charge in [-0.1, -0.05) is 0 Å². The van der Waals surface area contributed by atoms with Crippen LogP contribution in [0.5, 0.6) is 5.75 Å². The third-order valence-corrected chi connectivity index (χ3v) is 2.89. The topological polar surface area (TPSA) is 72.7 Å². The number of fused-ring (bicyclic) bond motifs is 1. The minimum absolute atomic E-state index is 0.155. The van der Waals surface area contributed by atoms with Gasteiger partial charge in [0.15, 0.2) is 0 Å². The molecular weight excluding hydrogens is 262 g/mol. The molecule has 1 amide bonds. The van der Waals surface area contributed by atoms with Crippen molar-refractivity contribution in [3.8, 4) is 5.75 Å². The lowest BCUT2D eigenvalue weighted by atomic mass is 9.98. The van der Waals surface area contributed by atoms with Crippen LogP contribution in [0.25, 0.3) is 0 Å². The highest BCUT2D eigenvalue weighted by Crippen LogP contribution is 2.34. The van der Waals surface area contributed by atoms with Crippen LogP contribution in [-0.2, 0) is 6.42 Å². The van der Waals surface area contributed by atoms with Gasteiger partial charge < -0.3 is 9.64 Å². The van der Waals surface area contributed by atoms with Gasteiger partial charge in [0.2, 0.25) is 5.75 Å². The first-order chi connectivity index (χ1) is 8.90. The van der Waals surface area contributed by atoms with Crippen molar-refractivity contribution in [1.29, 1.82) is 0 Å². The Balaban J connectivity index is 2.53. The zero-order chi connectivity index (χ0) is 14.2. The summed E-state index contributed by atoms with van der Waals surface area (Å²) in [5.74, 6) is -0.885. The Hall–Kier alpha value is -2.25. The summed E-state index contributed by atoms with van der Waals surface area (Å²) >= 11 is 0. The van der Waals surface area contributed by atoms with E-state index in [4.69, 9.17) is 0 Å². The smallest absolute Gasteiger partial charge is 0.387 e. The van der Waals surface area contributed by atoms with Gasteiger partial charge in [0.05, 0.1) is 4.92 Å². The van der Waals surface area contributed by atoms with Crippen LogP contribution < -0.4 is 4.74 Å². The van der Waals surface area contributed by atoms with Crippen LogP contribution in [0.1, 0.15) is 15.9 Å². The van der Waals surface area contributed by atoms with Gasteiger partial charge in [0.25, 0.3) is 5.91 Å². The summed E-state index contributed by atoms with van der Waals surface area (Å²) in [4.78, 5) is 23.2. The summed E-state index contributed by atoms with van der Waals surface area (Å²) in [6.45, 7) is -2.73. The number of hydrogen-bond acceptors (Lipinski definition) is 4. The Morgan fingerprint density at radius 3 is 2.74 bits per heavy atom. The number of likely N-dealkylation sites (N-methyl/N-ethyl adjacent to an activating group) is 1. The summed E-state index contributed by atoms with van der Waals surface area (Å²) in [6, 6.07) is 2.13. The third kappa shape index (κ3) is 2.47. The molecule has 2 rings (SSSR count). The van der Waals surface area contributed by atoms with E-state index in [0.717, 1.165) is 12.1 Å². The molecule has 0 radical (unpaired) electrons. The number of nitro groups is 1. The Labute approximate surface area is 106 Å². The number of amides is 1. The lowest BCUT2D eigenvalue weighted by molar-refractivity contribution is -0.386. The number of carbonyl (C=O) groups excluding carboxylic acids is 1. The maximum absolute atomic E-state index is 12.2. The Morgan fingerprint density at radius 2 is 2.16 bits per heavy atom. The number of nitro benzene ring substituents is 1. The lowest BCUT2D eigenvalue weighted by Gasteiger charge is -2.24. The molecule has 0 bridgehead atoms. The molecule has 0 aliphatic carbocycles. The lowest BCUT2D eigenvalue weighted by Crippen LogP contribution is -2.34. The van der Waals surface area contributed by atoms with Crippen molar-refractivity contribution in [3.63, 3.8) is 0 Å². The van der Waals surface area contributed by atoms with Gasteiger partial charge in [0.1, 0.15) is 0 Å². The molecule has 8 heteroatoms. The Kier molecular flexibility index (Phi) is 3.32. The van der Waals surface area contributed by atoms with E-state index in [2.05, 4.69) is 4.74 Å². The van der Waals surface area contributed by atoms with E-state index in [1.807, 2.05) is 0 Å². The summed E-state index contributed by atoms with van der Waals surface area (Å²) < 4.78 is 28.6. The van der Waals surface area contributed by atoms with Crippen molar-refractivity contribution < 1.29 is 23.2 Å². The average Bonchev–Trinajstić information content (AvgIpc) is 2.32. The Morgan fingerprint density at radius 1 is 1.47 bits per heavy atom. The molecule has 0 aromatic heterocycles. The second-order valence-corrected chi connectivity index (χ2v) is 4.09. The van der Waals surface area contributed by atoms with Crippen LogP contribution in [0.2, 0.25) is 0 Å². The molecule has 1 aromatic rings. The van der Waals surface area contributed by atoms with E-state index in [1.165, 1.54) is 4.90 Å². The van der Waals surface area contributed by atoms with E-state index in [-0.39, 0.29) is 11.5 Å². The molecule has 1 aromatic carbocycles. The first-order valence-corrected chi connectivity index (χ1v) is 5.41. The van der Waals surface area contributed by atoms with Crippen LogP contribution in [-0.4, -0.2) is 35.9 Å². The highest BCUT2D eigenvalue weighted by Gasteiger charge is 2.28. The van der Waals surface area contributed by atoms with Gasteiger partial charge in [-0.3, -0.25) is 14.9 Å². The number of carbonyl (C=O) groups is 1. The van der Waals surface area contributed by atoms with Gasteiger partial charge in [0, 0.05) is 25.2 Å². The van der Waals surface area contributed by atoms with Crippen molar-refractivity contribution in [2.24, 2.45) is 0 Å². The van der Waals surface area contributed by atoms with Crippen LogP contribution in [0.15, 0.2) is 12.1 Å². The summed E-state index contributed by atoms with van der Waals surface area (Å²) in [6.07, 6.45) is 0.440. The normalized spacial score (nSPS) is 14.5. The van der Waals surface area contributed by atoms with Crippen LogP contribution >= 0.6 is 0 Å². The zero-order valence-electron chi connectivity index (χ0n) is 9.93. The summed E-state index contributed by atoms with van der Waals surface area (Å²) in [5.41, 5.74) is -0.00545. The highest BCUT2D eigenvalue weighted by atomic mass is 19.3. The number of hydrogen-bond donors (Lipinski definition) is 0. The van der Waals surface area contributed by atoms with E-state index in [0.29, 0.717) is 18.5 Å². The van der Waals surface area contributed by atoms with Gasteiger partial charge in [-0.2, -0.15) is 8.78 Å². The number of nitrogens with zero attached hydrogens (tertiary/aromatic N) is 2. The fraction of sp³-hybridized carbons (Fsp3) is 0.364. The van der Waals surface area contributed by atoms with Gasteiger partial charge in [-0.15, -0.1) is 0 Å². The molecule has 19 heavy (non-hydrogen) atoms. The molecule has 1 heterocycles. The SMILES string of the molecule is CN1CCc2cc(OC(F)F)c([N+](=O)[O-])cc2C1=O. The molecule has 0 fully saturated rings. The number of benzene rings is 1. The van der Waals surface area contributed by atoms with Crippen molar-refractivity contribution in [2.75, 3.05) is 13.6 Å². The molecule has 102 valence electrons. The van der Waals surface area contributed by atoms with E-state index in [1.54, 1.807) is 7.05 Å². The monoisotopic (exact) mass is 272 g/mol. The molecule has 0 spiro atoms. The van der Waals surface area contributed by atoms with Crippen LogP contribution in [0.4, 0.5) is 14.5 Å². The van der Waals surface area contributed by atoms with Crippen LogP contribution in [0.3, 0.4) is 0 Å². The maximum Gasteiger partial charge on any atom is 0.387 e. The predicted octanol–water partition coefficient (Wildman–Crippen LogP) is 1.82. The minimum atomic E-state index is -3.15. The second-order valence-electron chi connectivity index (χ2n) is 4.09. The second kappa shape index (κ2) is 4.79. The van der Waals surface area contributed by atoms with E-state index < -0.39 is 23.0 Å². The average molecular weight is 272 g/mol. The van der Waals surface area contributed by atoms with E-state index >= 15 is 0 Å². The highest BCUT2D eigenvalue weighted by molar-refractivity contribution is 5.97. The molecule has 1 aliphatic rings. The molecule has 1 aliphatic heterocycles. The van der Waals surface area contributed by atoms with Crippen molar-refractivity contribution in [2.45, 2.75) is 13.0 Å². The first kappa shape index (κ1) is 13.2. The molecule has 0 saturated heterocycles. The molecule has 0 saturated carbocycles. The standard InChI is InChI=1S/C11H10F2N2O4/c1-14-3-2-6-4-9(19-11(12)13)8(15(17)18)5-7(6)10(14)16/h4-5,11H,2-3H2,1H3. The van der Waals surface area contributed by atoms with Gasteiger partial charge in [-0.05, 0) is 18.1 Å². The molecule has 6 nitrogen and oxygen atoms in total. The molecule has 0 atom stereocenters. The minimum Gasteiger partial charge on any atom is -0.427 e. The van der Waals surface area contributed by atoms with Crippen molar-refractivity contribution in [3.05, 3.63) is 33.4 Å². The van der Waals surface area contributed by atoms with Gasteiger partial charge in [-0.25, -0.2) is 0 Å². The molecule has 0 N–H and O–H groups in total. The maximum atomic E-state index is 12.2. The van der Waals surface area contributed by atoms with Crippen molar-refractivity contribution in [1.82, 2.24) is 4.90 Å². The zero-order valence-corrected chi connectivity index (χ0v) is 9.93. The van der Waals surface area contributed by atoms with Crippen LogP contribution in [0, 0.1) is 10.1 Å². The largest absolute Gasteiger partial charge is 0.427 e. The molecule has 0 unspecified atom stereocenters. The molecular formula is C11H10F2N2O4. The first-order valence-electron chi connectivity index (χ1n) is 5.41. The number of halogens is 2. The van der Waals surface area contributed by atoms with Crippen molar-refractivity contribution >= 4 is 11.6 Å². The predicted molar refractivity (Wildman–Crippen MR) is 60.4 cm³/mol. The van der Waals surface area contributed by atoms with Gasteiger partial charge >= 0.3 is 12.3 Å². The van der Waals surface area contributed by atoms with E-state index in [9.17, 15) is 23.7 Å². The number of alkyl halides is 2. The number of rotatable bonds is 3. The summed E-state index contributed by atoms with van der Waals surface area (Å²) in [5, 5.41) is 10.8. The summed E-state index contributed by atoms with van der Waals surface area (Å²) in [7, 11) is 1.57. The number of ether oxygens (including phenoxy) is 1. The Bertz CT molecular complexity index is 548. The third-order valence-electron chi connectivity index (χ3n) is 2.89. The quantitative estimate of drug-likeness (QED) is 0.621.